The molecular formula is C15H18N2O4. The summed E-state index contributed by atoms with van der Waals surface area (Å²) in [6, 6.07) is 1.62. The Hall–Kier alpha value is -1.94. The third-order valence-corrected chi connectivity index (χ3v) is 2.90. The van der Waals surface area contributed by atoms with Crippen molar-refractivity contribution in [2.45, 2.75) is 12.5 Å². The van der Waals surface area contributed by atoms with E-state index in [9.17, 15) is 4.79 Å². The van der Waals surface area contributed by atoms with Crippen LogP contribution in [-0.4, -0.2) is 55.1 Å². The topological polar surface area (TPSA) is 80.7 Å². The summed E-state index contributed by atoms with van der Waals surface area (Å²) in [5.41, 5.74) is 1.01. The number of hydrogen-bond donors (Lipinski definition) is 2. The number of nitrogens with one attached hydrogen (secondary N) is 1. The van der Waals surface area contributed by atoms with Crippen LogP contribution in [0.5, 0.6) is 0 Å². The van der Waals surface area contributed by atoms with Gasteiger partial charge in [-0.25, -0.2) is 0 Å². The van der Waals surface area contributed by atoms with Crippen molar-refractivity contribution in [3.05, 3.63) is 29.6 Å². The summed E-state index contributed by atoms with van der Waals surface area (Å²) in [6.45, 7) is 2.02. The van der Waals surface area contributed by atoms with Crippen molar-refractivity contribution in [1.29, 1.82) is 0 Å². The van der Waals surface area contributed by atoms with Crippen LogP contribution in [-0.2, 0) is 9.47 Å². The van der Waals surface area contributed by atoms with Crippen molar-refractivity contribution in [1.82, 2.24) is 10.3 Å². The van der Waals surface area contributed by atoms with Crippen LogP contribution in [0.2, 0.25) is 0 Å². The first-order valence-electron chi connectivity index (χ1n) is 6.82. The molecule has 6 nitrogen and oxygen atoms in total. The van der Waals surface area contributed by atoms with Gasteiger partial charge in [0.15, 0.2) is 0 Å². The van der Waals surface area contributed by atoms with E-state index in [1.807, 2.05) is 0 Å². The lowest BCUT2D eigenvalue weighted by Crippen LogP contribution is -2.39. The number of carbonyl (C=O) groups excluding carboxylic acids is 1. The molecule has 0 aliphatic carbocycles. The Labute approximate surface area is 123 Å². The van der Waals surface area contributed by atoms with Crippen LogP contribution in [0, 0.1) is 11.8 Å². The predicted octanol–water partition coefficient (Wildman–Crippen LogP) is -0.0393. The highest BCUT2D eigenvalue weighted by molar-refractivity contribution is 5.96. The van der Waals surface area contributed by atoms with E-state index in [0.29, 0.717) is 43.9 Å². The molecule has 2 heterocycles. The van der Waals surface area contributed by atoms with Crippen LogP contribution >= 0.6 is 0 Å². The smallest absolute Gasteiger partial charge is 0.252 e. The third kappa shape index (κ3) is 4.83. The third-order valence-electron chi connectivity index (χ3n) is 2.90. The Kier molecular flexibility index (Phi) is 6.16. The number of ether oxygens (including phenoxy) is 2. The zero-order valence-electron chi connectivity index (χ0n) is 11.7. The average Bonchev–Trinajstić information content (AvgIpc) is 2.54. The minimum atomic E-state index is -0.222. The van der Waals surface area contributed by atoms with E-state index in [1.165, 1.54) is 0 Å². The Balaban J connectivity index is 1.96. The highest BCUT2D eigenvalue weighted by Crippen LogP contribution is 2.06. The monoisotopic (exact) mass is 290 g/mol. The van der Waals surface area contributed by atoms with E-state index in [2.05, 4.69) is 22.1 Å². The number of aromatic nitrogens is 1. The minimum Gasteiger partial charge on any atom is -0.395 e. The van der Waals surface area contributed by atoms with Crippen molar-refractivity contribution in [2.75, 3.05) is 33.0 Å². The van der Waals surface area contributed by atoms with Gasteiger partial charge in [-0.1, -0.05) is 11.8 Å². The van der Waals surface area contributed by atoms with Crippen molar-refractivity contribution in [3.63, 3.8) is 0 Å². The molecule has 1 unspecified atom stereocenters. The lowest BCUT2D eigenvalue weighted by Gasteiger charge is -2.23. The van der Waals surface area contributed by atoms with Gasteiger partial charge in [0.1, 0.15) is 0 Å². The van der Waals surface area contributed by atoms with E-state index < -0.39 is 0 Å². The molecule has 21 heavy (non-hydrogen) atoms. The van der Waals surface area contributed by atoms with Gasteiger partial charge < -0.3 is 19.9 Å². The van der Waals surface area contributed by atoms with Crippen LogP contribution < -0.4 is 5.32 Å². The molecule has 0 bridgehead atoms. The molecular weight excluding hydrogens is 272 g/mol. The first-order chi connectivity index (χ1) is 10.3. The number of carbonyl (C=O) groups is 1. The van der Waals surface area contributed by atoms with Gasteiger partial charge in [-0.15, -0.1) is 0 Å². The van der Waals surface area contributed by atoms with E-state index in [-0.39, 0.29) is 18.6 Å². The molecule has 0 saturated carbocycles. The Morgan fingerprint density at radius 2 is 2.43 bits per heavy atom. The number of aliphatic hydroxyl groups is 1. The van der Waals surface area contributed by atoms with Crippen LogP contribution in [0.4, 0.5) is 0 Å². The number of rotatable bonds is 4. The largest absolute Gasteiger partial charge is 0.395 e. The summed E-state index contributed by atoms with van der Waals surface area (Å²) in [6.07, 6.45) is 3.34. The van der Waals surface area contributed by atoms with Gasteiger partial charge >= 0.3 is 0 Å². The molecule has 1 fully saturated rings. The van der Waals surface area contributed by atoms with Gasteiger partial charge in [-0.05, 0) is 6.07 Å². The van der Waals surface area contributed by atoms with Crippen molar-refractivity contribution < 1.29 is 19.4 Å². The standard InChI is InChI=1S/C15H18N2O4/c18-6-2-1-3-12-9-16-5-4-14(12)15(19)17-10-13-11-20-7-8-21-13/h4-5,9,13,18H,2,6-8,10-11H2,(H,17,19). The van der Waals surface area contributed by atoms with Crippen molar-refractivity contribution in [3.8, 4) is 11.8 Å². The van der Waals surface area contributed by atoms with E-state index in [0.717, 1.165) is 0 Å². The number of aliphatic hydroxyl groups excluding tert-OH is 1. The highest BCUT2D eigenvalue weighted by Gasteiger charge is 2.16. The predicted molar refractivity (Wildman–Crippen MR) is 75.7 cm³/mol. The summed E-state index contributed by atoms with van der Waals surface area (Å²) >= 11 is 0. The molecule has 0 spiro atoms. The summed E-state index contributed by atoms with van der Waals surface area (Å²) in [5, 5.41) is 11.5. The molecule has 6 heteroatoms. The molecule has 1 aromatic heterocycles. The first-order valence-corrected chi connectivity index (χ1v) is 6.82. The molecule has 1 amide bonds. The van der Waals surface area contributed by atoms with E-state index in [1.54, 1.807) is 18.5 Å². The quantitative estimate of drug-likeness (QED) is 0.761. The van der Waals surface area contributed by atoms with Crippen LogP contribution in [0.25, 0.3) is 0 Å². The second-order valence-electron chi connectivity index (χ2n) is 4.47. The second kappa shape index (κ2) is 8.37. The zero-order valence-corrected chi connectivity index (χ0v) is 11.7. The first kappa shape index (κ1) is 15.4. The lowest BCUT2D eigenvalue weighted by atomic mass is 10.1. The highest BCUT2D eigenvalue weighted by atomic mass is 16.6. The van der Waals surface area contributed by atoms with E-state index in [4.69, 9.17) is 14.6 Å². The van der Waals surface area contributed by atoms with Gasteiger partial charge in [0.2, 0.25) is 0 Å². The average molecular weight is 290 g/mol. The summed E-state index contributed by atoms with van der Waals surface area (Å²) in [7, 11) is 0. The fraction of sp³-hybridized carbons (Fsp3) is 0.467. The molecule has 0 radical (unpaired) electrons. The molecule has 2 rings (SSSR count). The number of amides is 1. The molecule has 1 saturated heterocycles. The van der Waals surface area contributed by atoms with Crippen LogP contribution in [0.15, 0.2) is 18.5 Å². The SMILES string of the molecule is O=C(NCC1COCCO1)c1ccncc1C#CCCO. The molecule has 112 valence electrons. The normalized spacial score (nSPS) is 17.7. The Morgan fingerprint density at radius 1 is 1.52 bits per heavy atom. The minimum absolute atomic E-state index is 0.00614. The maximum Gasteiger partial charge on any atom is 0.252 e. The zero-order chi connectivity index (χ0) is 14.9. The molecule has 1 aromatic rings. The van der Waals surface area contributed by atoms with Gasteiger partial charge in [0, 0.05) is 25.4 Å². The fourth-order valence-electron chi connectivity index (χ4n) is 1.86. The lowest BCUT2D eigenvalue weighted by molar-refractivity contribution is -0.0855. The van der Waals surface area contributed by atoms with Gasteiger partial charge in [-0.2, -0.15) is 0 Å². The van der Waals surface area contributed by atoms with Gasteiger partial charge in [-0.3, -0.25) is 9.78 Å². The molecule has 1 atom stereocenters. The van der Waals surface area contributed by atoms with Crippen LogP contribution in [0.1, 0.15) is 22.3 Å². The molecule has 1 aliphatic heterocycles. The number of pyridine rings is 1. The second-order valence-corrected chi connectivity index (χ2v) is 4.47. The van der Waals surface area contributed by atoms with Gasteiger partial charge in [0.05, 0.1) is 43.7 Å². The maximum absolute atomic E-state index is 12.2. The van der Waals surface area contributed by atoms with Gasteiger partial charge in [0.25, 0.3) is 5.91 Å². The van der Waals surface area contributed by atoms with E-state index >= 15 is 0 Å². The Bertz CT molecular complexity index is 530. The number of hydrogen-bond acceptors (Lipinski definition) is 5. The molecule has 0 aromatic carbocycles. The summed E-state index contributed by atoms with van der Waals surface area (Å²) < 4.78 is 10.7. The molecule has 1 aliphatic rings. The summed E-state index contributed by atoms with van der Waals surface area (Å²) in [5.74, 6) is 5.41. The Morgan fingerprint density at radius 3 is 3.19 bits per heavy atom. The van der Waals surface area contributed by atoms with Crippen molar-refractivity contribution >= 4 is 5.91 Å². The number of nitrogens with zero attached hydrogens (tertiary/aromatic N) is 1. The molecule has 2 N–H and O–H groups in total. The van der Waals surface area contributed by atoms with Crippen molar-refractivity contribution in [2.24, 2.45) is 0 Å². The fourth-order valence-corrected chi connectivity index (χ4v) is 1.86. The summed E-state index contributed by atoms with van der Waals surface area (Å²) in [4.78, 5) is 16.2. The maximum atomic E-state index is 12.2. The van der Waals surface area contributed by atoms with Crippen LogP contribution in [0.3, 0.4) is 0 Å².